The van der Waals surface area contributed by atoms with Crippen molar-refractivity contribution < 1.29 is 13.9 Å². The average molecular weight is 376 g/mol. The van der Waals surface area contributed by atoms with Gasteiger partial charge in [0.2, 0.25) is 0 Å². The summed E-state index contributed by atoms with van der Waals surface area (Å²) < 4.78 is 18.8. The molecule has 27 heavy (non-hydrogen) atoms. The van der Waals surface area contributed by atoms with Crippen LogP contribution >= 0.6 is 0 Å². The Morgan fingerprint density at radius 2 is 2.07 bits per heavy atom. The van der Waals surface area contributed by atoms with E-state index in [-0.39, 0.29) is 17.3 Å². The lowest BCUT2D eigenvalue weighted by Gasteiger charge is -2.16. The highest BCUT2D eigenvalue weighted by Crippen LogP contribution is 2.27. The highest BCUT2D eigenvalue weighted by atomic mass is 19.1. The van der Waals surface area contributed by atoms with E-state index >= 15 is 0 Å². The SMILES string of the molecule is CC.CCCC(CNC)c1cnc(N)c(-c2ccc(C(=O)OC)c(F)c2)n1. The van der Waals surface area contributed by atoms with Gasteiger partial charge in [-0.05, 0) is 25.6 Å². The number of aromatic nitrogens is 2. The van der Waals surface area contributed by atoms with E-state index in [1.807, 2.05) is 20.9 Å². The summed E-state index contributed by atoms with van der Waals surface area (Å²) in [6.07, 6.45) is 3.63. The van der Waals surface area contributed by atoms with E-state index in [4.69, 9.17) is 5.73 Å². The maximum atomic E-state index is 14.2. The Balaban J connectivity index is 0.00000176. The number of methoxy groups -OCH3 is 1. The first-order valence-corrected chi connectivity index (χ1v) is 9.17. The molecule has 0 radical (unpaired) electrons. The lowest BCUT2D eigenvalue weighted by Crippen LogP contribution is -2.19. The van der Waals surface area contributed by atoms with Crippen LogP contribution in [0.1, 0.15) is 55.6 Å². The molecule has 1 aromatic carbocycles. The Kier molecular flexibility index (Phi) is 9.36. The molecular formula is C20H29FN4O2. The van der Waals surface area contributed by atoms with Gasteiger partial charge in [-0.2, -0.15) is 0 Å². The second kappa shape index (κ2) is 11.2. The van der Waals surface area contributed by atoms with Crippen molar-refractivity contribution in [2.24, 2.45) is 0 Å². The number of nitrogens with zero attached hydrogens (tertiary/aromatic N) is 2. The first-order chi connectivity index (χ1) is 13.0. The number of hydrogen-bond donors (Lipinski definition) is 2. The minimum absolute atomic E-state index is 0.132. The van der Waals surface area contributed by atoms with Crippen LogP contribution in [0.3, 0.4) is 0 Å². The fourth-order valence-electron chi connectivity index (χ4n) is 2.71. The van der Waals surface area contributed by atoms with Gasteiger partial charge in [0, 0.05) is 18.0 Å². The van der Waals surface area contributed by atoms with Gasteiger partial charge in [0.15, 0.2) is 0 Å². The summed E-state index contributed by atoms with van der Waals surface area (Å²) >= 11 is 0. The number of carbonyl (C=O) groups is 1. The number of halogens is 1. The van der Waals surface area contributed by atoms with E-state index in [1.54, 1.807) is 12.3 Å². The molecule has 7 heteroatoms. The molecular weight excluding hydrogens is 347 g/mol. The Morgan fingerprint density at radius 1 is 1.37 bits per heavy atom. The van der Waals surface area contributed by atoms with Crippen molar-refractivity contribution in [1.29, 1.82) is 0 Å². The summed E-state index contributed by atoms with van der Waals surface area (Å²) in [5.74, 6) is -1.00. The zero-order valence-corrected chi connectivity index (χ0v) is 16.7. The Bertz CT molecular complexity index is 747. The quantitative estimate of drug-likeness (QED) is 0.715. The maximum Gasteiger partial charge on any atom is 0.340 e. The monoisotopic (exact) mass is 376 g/mol. The molecule has 6 nitrogen and oxygen atoms in total. The topological polar surface area (TPSA) is 90.1 Å². The van der Waals surface area contributed by atoms with Gasteiger partial charge in [-0.3, -0.25) is 0 Å². The first kappa shape index (κ1) is 22.5. The molecule has 1 heterocycles. The molecule has 2 aromatic rings. The smallest absolute Gasteiger partial charge is 0.340 e. The molecule has 1 aromatic heterocycles. The van der Waals surface area contributed by atoms with Crippen LogP contribution in [0.2, 0.25) is 0 Å². The zero-order valence-electron chi connectivity index (χ0n) is 16.7. The van der Waals surface area contributed by atoms with Gasteiger partial charge >= 0.3 is 5.97 Å². The number of anilines is 1. The number of ether oxygens (including phenoxy) is 1. The highest BCUT2D eigenvalue weighted by Gasteiger charge is 2.18. The summed E-state index contributed by atoms with van der Waals surface area (Å²) in [6.45, 7) is 6.87. The van der Waals surface area contributed by atoms with Crippen molar-refractivity contribution in [3.05, 3.63) is 41.5 Å². The van der Waals surface area contributed by atoms with Crippen LogP contribution in [0.25, 0.3) is 11.3 Å². The highest BCUT2D eigenvalue weighted by molar-refractivity contribution is 5.90. The molecule has 1 atom stereocenters. The predicted molar refractivity (Wildman–Crippen MR) is 106 cm³/mol. The van der Waals surface area contributed by atoms with E-state index in [1.165, 1.54) is 19.2 Å². The fraction of sp³-hybridized carbons (Fsp3) is 0.450. The number of nitrogen functional groups attached to an aromatic ring is 1. The molecule has 0 aliphatic carbocycles. The number of likely N-dealkylation sites (N-methyl/N-ethyl adjacent to an activating group) is 1. The summed E-state index contributed by atoms with van der Waals surface area (Å²) in [4.78, 5) is 20.3. The van der Waals surface area contributed by atoms with Crippen LogP contribution in [0, 0.1) is 5.82 Å². The average Bonchev–Trinajstić information content (AvgIpc) is 2.69. The first-order valence-electron chi connectivity index (χ1n) is 9.17. The molecule has 0 amide bonds. The van der Waals surface area contributed by atoms with E-state index in [2.05, 4.69) is 26.9 Å². The van der Waals surface area contributed by atoms with Gasteiger partial charge in [0.1, 0.15) is 17.3 Å². The van der Waals surface area contributed by atoms with Gasteiger partial charge in [-0.15, -0.1) is 0 Å². The third-order valence-corrected chi connectivity index (χ3v) is 3.97. The second-order valence-corrected chi connectivity index (χ2v) is 5.76. The number of nitrogens with one attached hydrogen (secondary N) is 1. The van der Waals surface area contributed by atoms with Gasteiger partial charge in [-0.1, -0.05) is 33.3 Å². The Hall–Kier alpha value is -2.54. The number of carbonyl (C=O) groups excluding carboxylic acids is 1. The summed E-state index contributed by atoms with van der Waals surface area (Å²) in [7, 11) is 3.09. The zero-order chi connectivity index (χ0) is 20.4. The van der Waals surface area contributed by atoms with Crippen LogP contribution < -0.4 is 11.1 Å². The van der Waals surface area contributed by atoms with Crippen molar-refractivity contribution in [2.45, 2.75) is 39.5 Å². The minimum atomic E-state index is -0.728. The number of benzene rings is 1. The number of hydrogen-bond acceptors (Lipinski definition) is 6. The number of esters is 1. The van der Waals surface area contributed by atoms with Crippen molar-refractivity contribution >= 4 is 11.8 Å². The third kappa shape index (κ3) is 5.72. The van der Waals surface area contributed by atoms with Crippen molar-refractivity contribution in [3.63, 3.8) is 0 Å². The second-order valence-electron chi connectivity index (χ2n) is 5.76. The summed E-state index contributed by atoms with van der Waals surface area (Å²) in [6, 6.07) is 4.18. The standard InChI is InChI=1S/C18H23FN4O2.C2H6/c1-4-5-12(9-21-2)15-10-22-17(20)16(23-15)11-6-7-13(14(19)8-11)18(24)25-3;1-2/h6-8,10,12,21H,4-5,9H2,1-3H3,(H2,20,22);1-2H3. The van der Waals surface area contributed by atoms with Crippen LogP contribution in [-0.4, -0.2) is 36.6 Å². The van der Waals surface area contributed by atoms with E-state index in [0.717, 1.165) is 25.1 Å². The Labute approximate surface area is 160 Å². The van der Waals surface area contributed by atoms with Crippen LogP contribution in [0.15, 0.2) is 24.4 Å². The minimum Gasteiger partial charge on any atom is -0.465 e. The lowest BCUT2D eigenvalue weighted by molar-refractivity contribution is 0.0595. The normalized spacial score (nSPS) is 11.3. The summed E-state index contributed by atoms with van der Waals surface area (Å²) in [5, 5.41) is 3.15. The fourth-order valence-corrected chi connectivity index (χ4v) is 2.71. The van der Waals surface area contributed by atoms with Crippen molar-refractivity contribution in [1.82, 2.24) is 15.3 Å². The van der Waals surface area contributed by atoms with Gasteiger partial charge in [0.05, 0.1) is 24.6 Å². The molecule has 0 bridgehead atoms. The largest absolute Gasteiger partial charge is 0.465 e. The Morgan fingerprint density at radius 3 is 2.63 bits per heavy atom. The van der Waals surface area contributed by atoms with Gasteiger partial charge in [0.25, 0.3) is 0 Å². The lowest BCUT2D eigenvalue weighted by atomic mass is 9.99. The van der Waals surface area contributed by atoms with Crippen molar-refractivity contribution in [3.8, 4) is 11.3 Å². The molecule has 0 saturated heterocycles. The van der Waals surface area contributed by atoms with Crippen LogP contribution in [-0.2, 0) is 4.74 Å². The molecule has 0 aliphatic rings. The van der Waals surface area contributed by atoms with Crippen molar-refractivity contribution in [2.75, 3.05) is 26.4 Å². The van der Waals surface area contributed by atoms with E-state index in [9.17, 15) is 9.18 Å². The number of nitrogens with two attached hydrogens (primary N) is 1. The molecule has 3 N–H and O–H groups in total. The third-order valence-electron chi connectivity index (χ3n) is 3.97. The molecule has 2 rings (SSSR count). The van der Waals surface area contributed by atoms with Gasteiger partial charge < -0.3 is 15.8 Å². The van der Waals surface area contributed by atoms with E-state index in [0.29, 0.717) is 11.3 Å². The molecule has 0 aliphatic heterocycles. The van der Waals surface area contributed by atoms with E-state index < -0.39 is 11.8 Å². The van der Waals surface area contributed by atoms with Crippen LogP contribution in [0.4, 0.5) is 10.2 Å². The molecule has 0 saturated carbocycles. The molecule has 1 unspecified atom stereocenters. The molecule has 148 valence electrons. The number of rotatable bonds is 7. The summed E-state index contributed by atoms with van der Waals surface area (Å²) in [5.41, 5.74) is 7.49. The maximum absolute atomic E-state index is 14.2. The molecule has 0 spiro atoms. The van der Waals surface area contributed by atoms with Crippen LogP contribution in [0.5, 0.6) is 0 Å². The predicted octanol–water partition coefficient (Wildman–Crippen LogP) is 3.78. The van der Waals surface area contributed by atoms with Gasteiger partial charge in [-0.25, -0.2) is 19.2 Å². The molecule has 0 fully saturated rings.